The number of nitrogens with zero attached hydrogens (tertiary/aromatic N) is 4. The average molecular weight is 322 g/mol. The second-order valence-corrected chi connectivity index (χ2v) is 5.37. The number of rotatable bonds is 6. The van der Waals surface area contributed by atoms with Crippen LogP contribution in [0.5, 0.6) is 0 Å². The number of benzene rings is 1. The predicted molar refractivity (Wildman–Crippen MR) is 78.6 cm³/mol. The van der Waals surface area contributed by atoms with E-state index < -0.39 is 16.8 Å². The number of ether oxygens (including phenoxy) is 1. The summed E-state index contributed by atoms with van der Waals surface area (Å²) < 4.78 is 6.01. The van der Waals surface area contributed by atoms with Gasteiger partial charge in [-0.1, -0.05) is 17.7 Å². The normalized spacial score (nSPS) is 10.5. The van der Waals surface area contributed by atoms with Gasteiger partial charge in [-0.2, -0.15) is 0 Å². The van der Waals surface area contributed by atoms with Gasteiger partial charge < -0.3 is 14.9 Å². The van der Waals surface area contributed by atoms with Gasteiger partial charge in [0.1, 0.15) is 0 Å². The van der Waals surface area contributed by atoms with Crippen LogP contribution in [0.1, 0.15) is 12.5 Å². The van der Waals surface area contributed by atoms with E-state index in [0.717, 1.165) is 10.5 Å². The zero-order valence-electron chi connectivity index (χ0n) is 12.1. The van der Waals surface area contributed by atoms with Gasteiger partial charge in [-0.25, -0.2) is 4.79 Å². The highest BCUT2D eigenvalue weighted by Crippen LogP contribution is 2.27. The minimum absolute atomic E-state index is 0.219. The Bertz CT molecular complexity index is 684. The van der Waals surface area contributed by atoms with E-state index in [1.165, 1.54) is 16.4 Å². The van der Waals surface area contributed by atoms with E-state index >= 15 is 0 Å². The Morgan fingerprint density at radius 3 is 2.68 bits per heavy atom. The fourth-order valence-electron chi connectivity index (χ4n) is 1.61. The van der Waals surface area contributed by atoms with Crippen molar-refractivity contribution >= 4 is 23.7 Å². The second kappa shape index (κ2) is 7.03. The van der Waals surface area contributed by atoms with Crippen LogP contribution in [-0.4, -0.2) is 32.3 Å². The van der Waals surface area contributed by atoms with Gasteiger partial charge in [0.15, 0.2) is 6.54 Å². The second-order valence-electron chi connectivity index (χ2n) is 4.33. The zero-order valence-corrected chi connectivity index (χ0v) is 12.9. The Kier molecular flexibility index (Phi) is 5.10. The quantitative estimate of drug-likeness (QED) is 0.456. The first-order valence-corrected chi connectivity index (χ1v) is 7.30. The highest BCUT2D eigenvalue weighted by atomic mass is 32.2. The molecule has 9 heteroatoms. The molecule has 1 heterocycles. The van der Waals surface area contributed by atoms with Crippen molar-refractivity contribution in [1.29, 1.82) is 0 Å². The van der Waals surface area contributed by atoms with Crippen molar-refractivity contribution in [3.63, 3.8) is 0 Å². The van der Waals surface area contributed by atoms with Gasteiger partial charge in [-0.3, -0.25) is 0 Å². The summed E-state index contributed by atoms with van der Waals surface area (Å²) in [5.41, 5.74) is 1.10. The number of carbonyl (C=O) groups excluding carboxylic acids is 1. The number of esters is 1. The maximum Gasteiger partial charge on any atom is 0.492 e. The summed E-state index contributed by atoms with van der Waals surface area (Å²) >= 11 is 1.20. The third kappa shape index (κ3) is 4.04. The van der Waals surface area contributed by atoms with Gasteiger partial charge in [0.2, 0.25) is 0 Å². The molecular formula is C13H14N4O4S. The topological polar surface area (TPSA) is 100 Å². The SMILES string of the molecule is CCOC(=O)Cn1nc([N+](=O)[O-])nc1Sc1ccc(C)cc1. The molecule has 0 aliphatic carbocycles. The van der Waals surface area contributed by atoms with Crippen LogP contribution in [0, 0.1) is 17.0 Å². The maximum atomic E-state index is 11.6. The van der Waals surface area contributed by atoms with Crippen molar-refractivity contribution in [2.45, 2.75) is 30.4 Å². The molecule has 2 rings (SSSR count). The van der Waals surface area contributed by atoms with Crippen molar-refractivity contribution in [2.24, 2.45) is 0 Å². The van der Waals surface area contributed by atoms with E-state index in [9.17, 15) is 14.9 Å². The number of carbonyl (C=O) groups is 1. The van der Waals surface area contributed by atoms with Gasteiger partial charge in [0.05, 0.1) is 6.61 Å². The number of nitro groups is 1. The summed E-state index contributed by atoms with van der Waals surface area (Å²) in [6.45, 7) is 3.66. The standard InChI is InChI=1S/C13H14N4O4S/c1-3-21-11(18)8-16-13(14-12(15-16)17(19)20)22-10-6-4-9(2)5-7-10/h4-7H,3,8H2,1-2H3. The lowest BCUT2D eigenvalue weighted by molar-refractivity contribution is -0.394. The summed E-state index contributed by atoms with van der Waals surface area (Å²) in [6.07, 6.45) is 0. The van der Waals surface area contributed by atoms with Crippen molar-refractivity contribution < 1.29 is 14.5 Å². The molecule has 8 nitrogen and oxygen atoms in total. The molecular weight excluding hydrogens is 308 g/mol. The van der Waals surface area contributed by atoms with Gasteiger partial charge in [-0.15, -0.1) is 4.68 Å². The summed E-state index contributed by atoms with van der Waals surface area (Å²) in [7, 11) is 0. The largest absolute Gasteiger partial charge is 0.492 e. The van der Waals surface area contributed by atoms with Gasteiger partial charge in [0.25, 0.3) is 5.16 Å². The highest BCUT2D eigenvalue weighted by molar-refractivity contribution is 7.99. The molecule has 0 amide bonds. The Morgan fingerprint density at radius 2 is 2.09 bits per heavy atom. The first-order valence-electron chi connectivity index (χ1n) is 6.49. The number of aryl methyl sites for hydroxylation is 1. The molecule has 0 bridgehead atoms. The van der Waals surface area contributed by atoms with Crippen LogP contribution in [-0.2, 0) is 16.1 Å². The minimum atomic E-state index is -0.694. The lowest BCUT2D eigenvalue weighted by Crippen LogP contribution is -2.15. The van der Waals surface area contributed by atoms with Crippen molar-refractivity contribution in [3.8, 4) is 0 Å². The molecule has 0 aliphatic heterocycles. The van der Waals surface area contributed by atoms with Gasteiger partial charge in [0, 0.05) is 9.99 Å². The predicted octanol–water partition coefficient (Wildman–Crippen LogP) is 2.21. The van der Waals surface area contributed by atoms with E-state index in [1.807, 2.05) is 31.2 Å². The van der Waals surface area contributed by atoms with Gasteiger partial charge in [-0.05, 0) is 47.6 Å². The van der Waals surface area contributed by atoms with Gasteiger partial charge >= 0.3 is 11.9 Å². The van der Waals surface area contributed by atoms with Crippen molar-refractivity contribution in [1.82, 2.24) is 14.8 Å². The Hall–Kier alpha value is -2.42. The van der Waals surface area contributed by atoms with Crippen LogP contribution < -0.4 is 0 Å². The highest BCUT2D eigenvalue weighted by Gasteiger charge is 2.24. The Labute approximate surface area is 130 Å². The molecule has 0 radical (unpaired) electrons. The molecule has 2 aromatic rings. The van der Waals surface area contributed by atoms with Crippen LogP contribution in [0.4, 0.5) is 5.95 Å². The molecule has 0 saturated carbocycles. The zero-order chi connectivity index (χ0) is 16.1. The molecule has 0 aliphatic rings. The summed E-state index contributed by atoms with van der Waals surface area (Å²) in [5.74, 6) is -1.06. The van der Waals surface area contributed by atoms with E-state index in [0.29, 0.717) is 0 Å². The summed E-state index contributed by atoms with van der Waals surface area (Å²) in [5, 5.41) is 14.8. The lowest BCUT2D eigenvalue weighted by Gasteiger charge is -2.02. The molecule has 0 spiro atoms. The molecule has 0 atom stereocenters. The van der Waals surface area contributed by atoms with E-state index in [1.54, 1.807) is 6.92 Å². The van der Waals surface area contributed by atoms with Crippen LogP contribution in [0.3, 0.4) is 0 Å². The molecule has 22 heavy (non-hydrogen) atoms. The molecule has 1 aromatic heterocycles. The fraction of sp³-hybridized carbons (Fsp3) is 0.308. The number of hydrogen-bond donors (Lipinski definition) is 0. The van der Waals surface area contributed by atoms with E-state index in [-0.39, 0.29) is 18.3 Å². The van der Waals surface area contributed by atoms with Crippen LogP contribution >= 0.6 is 11.8 Å². The Balaban J connectivity index is 2.25. The average Bonchev–Trinajstić information content (AvgIpc) is 2.85. The fourth-order valence-corrected chi connectivity index (χ4v) is 2.43. The third-order valence-electron chi connectivity index (χ3n) is 2.60. The van der Waals surface area contributed by atoms with Crippen molar-refractivity contribution in [3.05, 3.63) is 39.9 Å². The Morgan fingerprint density at radius 1 is 1.41 bits per heavy atom. The molecule has 0 unspecified atom stereocenters. The lowest BCUT2D eigenvalue weighted by atomic mass is 10.2. The first kappa shape index (κ1) is 16.0. The number of hydrogen-bond acceptors (Lipinski definition) is 7. The molecule has 1 aromatic carbocycles. The van der Waals surface area contributed by atoms with E-state index in [4.69, 9.17) is 4.74 Å². The monoisotopic (exact) mass is 322 g/mol. The third-order valence-corrected chi connectivity index (χ3v) is 3.60. The maximum absolute atomic E-state index is 11.6. The molecule has 116 valence electrons. The van der Waals surface area contributed by atoms with Crippen LogP contribution in [0.25, 0.3) is 0 Å². The van der Waals surface area contributed by atoms with Crippen LogP contribution in [0.2, 0.25) is 0 Å². The molecule has 0 N–H and O–H groups in total. The number of aromatic nitrogens is 3. The molecule has 0 fully saturated rings. The summed E-state index contributed by atoms with van der Waals surface area (Å²) in [6, 6.07) is 7.58. The summed E-state index contributed by atoms with van der Waals surface area (Å²) in [4.78, 5) is 26.4. The van der Waals surface area contributed by atoms with Crippen LogP contribution in [0.15, 0.2) is 34.3 Å². The van der Waals surface area contributed by atoms with E-state index in [2.05, 4.69) is 10.1 Å². The first-order chi connectivity index (χ1) is 10.5. The smallest absolute Gasteiger partial charge is 0.465 e. The van der Waals surface area contributed by atoms with Crippen molar-refractivity contribution in [2.75, 3.05) is 6.61 Å². The molecule has 0 saturated heterocycles. The minimum Gasteiger partial charge on any atom is -0.465 e.